The number of phenolic OH excluding ortho intramolecular Hbond substituents is 1. The van der Waals surface area contributed by atoms with Crippen LogP contribution in [0.2, 0.25) is 0 Å². The average Bonchev–Trinajstić information content (AvgIpc) is 3.21. The maximum absolute atomic E-state index is 14.5. The van der Waals surface area contributed by atoms with Crippen LogP contribution in [0, 0.1) is 11.3 Å². The van der Waals surface area contributed by atoms with Gasteiger partial charge in [-0.25, -0.2) is 0 Å². The summed E-state index contributed by atoms with van der Waals surface area (Å²) < 4.78 is 10.5. The lowest BCUT2D eigenvalue weighted by atomic mass is 9.85. The van der Waals surface area contributed by atoms with Gasteiger partial charge in [0.15, 0.2) is 0 Å². The third-order valence-corrected chi connectivity index (χ3v) is 10.4. The maximum atomic E-state index is 14.5. The monoisotopic (exact) mass is 824 g/mol. The third-order valence-electron chi connectivity index (χ3n) is 10.4. The molecule has 0 spiro atoms. The zero-order valence-corrected chi connectivity index (χ0v) is 36.0. The normalized spacial score (nSPS) is 14.0. The predicted octanol–water partition coefficient (Wildman–Crippen LogP) is 4.63. The number of nitrogens with two attached hydrogens (primary N) is 1. The van der Waals surface area contributed by atoms with Crippen LogP contribution in [0.1, 0.15) is 63.3 Å². The number of aryl methyl sites for hydroxylation is 1. The van der Waals surface area contributed by atoms with Gasteiger partial charge in [-0.15, -0.1) is 0 Å². The molecule has 0 radical (unpaired) electrons. The number of carbonyl (C=O) groups is 3. The SMILES string of the molecule is COc1ccc(CNC(C(=O)NC(C(=O)NCc2ccc(OC)cc2O)C(C)C)C(O)C(Cc2ccccc2)NC(=O)C(NCCCc2cccc(N)c2)C(C)(C)C)cc1. The second-order valence-electron chi connectivity index (χ2n) is 16.5. The number of aromatic hydroxyl groups is 1. The van der Waals surface area contributed by atoms with Gasteiger partial charge in [0.05, 0.1) is 32.4 Å². The number of phenols is 1. The molecule has 0 bridgehead atoms. The molecule has 0 saturated carbocycles. The Morgan fingerprint density at radius 3 is 2.00 bits per heavy atom. The topological polar surface area (TPSA) is 196 Å². The second-order valence-corrected chi connectivity index (χ2v) is 16.5. The van der Waals surface area contributed by atoms with Gasteiger partial charge in [-0.05, 0) is 90.2 Å². The van der Waals surface area contributed by atoms with Crippen molar-refractivity contribution in [2.45, 2.75) is 97.2 Å². The Morgan fingerprint density at radius 1 is 0.717 bits per heavy atom. The maximum Gasteiger partial charge on any atom is 0.243 e. The minimum Gasteiger partial charge on any atom is -0.507 e. The van der Waals surface area contributed by atoms with E-state index in [-0.39, 0.29) is 37.1 Å². The fourth-order valence-corrected chi connectivity index (χ4v) is 6.93. The number of ether oxygens (including phenoxy) is 2. The van der Waals surface area contributed by atoms with E-state index in [1.165, 1.54) is 13.2 Å². The molecule has 4 aromatic rings. The molecule has 0 aliphatic rings. The van der Waals surface area contributed by atoms with Crippen molar-refractivity contribution in [2.75, 3.05) is 26.5 Å². The van der Waals surface area contributed by atoms with Crippen molar-refractivity contribution in [1.29, 1.82) is 0 Å². The van der Waals surface area contributed by atoms with Gasteiger partial charge in [0.1, 0.15) is 29.3 Å². The summed E-state index contributed by atoms with van der Waals surface area (Å²) in [7, 11) is 3.07. The first-order chi connectivity index (χ1) is 28.6. The summed E-state index contributed by atoms with van der Waals surface area (Å²) in [6.45, 7) is 10.3. The molecule has 0 aromatic heterocycles. The van der Waals surface area contributed by atoms with Crippen LogP contribution in [0.5, 0.6) is 17.2 Å². The molecule has 324 valence electrons. The Morgan fingerprint density at radius 2 is 1.38 bits per heavy atom. The van der Waals surface area contributed by atoms with Crippen molar-refractivity contribution in [3.63, 3.8) is 0 Å². The Bertz CT molecular complexity index is 1970. The van der Waals surface area contributed by atoms with E-state index in [0.29, 0.717) is 29.3 Å². The van der Waals surface area contributed by atoms with Crippen molar-refractivity contribution in [2.24, 2.45) is 11.3 Å². The minimum atomic E-state index is -1.45. The Hall–Kier alpha value is -5.63. The van der Waals surface area contributed by atoms with Crippen molar-refractivity contribution < 1.29 is 34.1 Å². The molecule has 60 heavy (non-hydrogen) atoms. The van der Waals surface area contributed by atoms with Gasteiger partial charge in [-0.3, -0.25) is 19.7 Å². The number of anilines is 1. The molecule has 0 heterocycles. The molecule has 3 amide bonds. The number of methoxy groups -OCH3 is 2. The summed E-state index contributed by atoms with van der Waals surface area (Å²) in [6, 6.07) is 25.4. The molecule has 5 atom stereocenters. The van der Waals surface area contributed by atoms with Crippen molar-refractivity contribution in [3.05, 3.63) is 119 Å². The average molecular weight is 825 g/mol. The molecule has 4 rings (SSSR count). The summed E-state index contributed by atoms with van der Waals surface area (Å²) >= 11 is 0. The van der Waals surface area contributed by atoms with Crippen LogP contribution in [-0.4, -0.2) is 79.0 Å². The summed E-state index contributed by atoms with van der Waals surface area (Å²) in [5.41, 5.74) is 9.42. The van der Waals surface area contributed by atoms with E-state index in [1.54, 1.807) is 45.2 Å². The summed E-state index contributed by atoms with van der Waals surface area (Å²) in [6.07, 6.45) is 0.307. The molecular weight excluding hydrogens is 761 g/mol. The fraction of sp³-hybridized carbons (Fsp3) is 0.426. The highest BCUT2D eigenvalue weighted by Gasteiger charge is 2.39. The van der Waals surface area contributed by atoms with E-state index in [9.17, 15) is 24.6 Å². The second kappa shape index (κ2) is 22.7. The number of hydrogen-bond donors (Lipinski definition) is 8. The van der Waals surface area contributed by atoms with E-state index in [4.69, 9.17) is 15.2 Å². The van der Waals surface area contributed by atoms with Gasteiger partial charge < -0.3 is 46.7 Å². The minimum absolute atomic E-state index is 0.00453. The molecule has 4 aromatic carbocycles. The number of aliphatic hydroxyl groups is 1. The lowest BCUT2D eigenvalue weighted by molar-refractivity contribution is -0.134. The Balaban J connectivity index is 1.59. The van der Waals surface area contributed by atoms with Crippen LogP contribution in [-0.2, 0) is 40.3 Å². The summed E-state index contributed by atoms with van der Waals surface area (Å²) in [5, 5.41) is 38.3. The first-order valence-corrected chi connectivity index (χ1v) is 20.5. The molecule has 9 N–H and O–H groups in total. The standard InChI is InChI=1S/C47H64N6O7/c1-30(2)40(44(56)51-29-34-20-23-37(60-7)27-39(34)54)53-45(57)41(50-28-33-18-21-36(59-6)22-19-33)42(55)38(26-32-13-9-8-10-14-32)52-46(58)43(47(3,4)5)49-24-12-16-31-15-11-17-35(48)25-31/h8-11,13-15,17-23,25,27,30,38,40-43,49-50,54-55H,12,16,24,26,28-29,48H2,1-7H3,(H,51,56)(H,52,58)(H,53,57). The molecule has 0 aliphatic heterocycles. The molecule has 13 heteroatoms. The number of nitrogens with one attached hydrogen (secondary N) is 5. The zero-order valence-electron chi connectivity index (χ0n) is 36.0. The lowest BCUT2D eigenvalue weighted by Gasteiger charge is -2.35. The number of benzene rings is 4. The van der Waals surface area contributed by atoms with Crippen LogP contribution in [0.4, 0.5) is 5.69 Å². The van der Waals surface area contributed by atoms with E-state index in [1.807, 2.05) is 87.5 Å². The van der Waals surface area contributed by atoms with E-state index in [0.717, 1.165) is 29.5 Å². The van der Waals surface area contributed by atoms with Gasteiger partial charge in [0.25, 0.3) is 0 Å². The first kappa shape index (κ1) is 47.1. The zero-order chi connectivity index (χ0) is 43.8. The van der Waals surface area contributed by atoms with Gasteiger partial charge in [-0.2, -0.15) is 0 Å². The number of hydrogen-bond acceptors (Lipinski definition) is 10. The van der Waals surface area contributed by atoms with Crippen molar-refractivity contribution >= 4 is 23.4 Å². The molecule has 0 aliphatic carbocycles. The number of aliphatic hydroxyl groups excluding tert-OH is 1. The Kier molecular flexibility index (Phi) is 17.8. The first-order valence-electron chi connectivity index (χ1n) is 20.5. The van der Waals surface area contributed by atoms with Gasteiger partial charge >= 0.3 is 0 Å². The smallest absolute Gasteiger partial charge is 0.243 e. The van der Waals surface area contributed by atoms with Crippen molar-refractivity contribution in [3.8, 4) is 17.2 Å². The number of amides is 3. The molecule has 5 unspecified atom stereocenters. The van der Waals surface area contributed by atoms with Crippen LogP contribution in [0.15, 0.2) is 97.1 Å². The van der Waals surface area contributed by atoms with Crippen LogP contribution in [0.25, 0.3) is 0 Å². The molecular formula is C47H64N6O7. The van der Waals surface area contributed by atoms with E-state index < -0.39 is 47.5 Å². The Labute approximate surface area is 354 Å². The number of carbonyl (C=O) groups excluding carboxylic acids is 3. The van der Waals surface area contributed by atoms with E-state index in [2.05, 4.69) is 26.6 Å². The van der Waals surface area contributed by atoms with Crippen LogP contribution >= 0.6 is 0 Å². The number of rotatable bonds is 22. The highest BCUT2D eigenvalue weighted by molar-refractivity contribution is 5.90. The lowest BCUT2D eigenvalue weighted by Crippen LogP contribution is -2.63. The summed E-state index contributed by atoms with van der Waals surface area (Å²) in [5.74, 6) is -0.674. The molecule has 0 saturated heterocycles. The predicted molar refractivity (Wildman–Crippen MR) is 235 cm³/mol. The van der Waals surface area contributed by atoms with Crippen LogP contribution < -0.4 is 41.8 Å². The fourth-order valence-electron chi connectivity index (χ4n) is 6.93. The van der Waals surface area contributed by atoms with Crippen molar-refractivity contribution in [1.82, 2.24) is 26.6 Å². The van der Waals surface area contributed by atoms with Crippen LogP contribution in [0.3, 0.4) is 0 Å². The highest BCUT2D eigenvalue weighted by Crippen LogP contribution is 2.24. The molecule has 13 nitrogen and oxygen atoms in total. The molecule has 0 fully saturated rings. The van der Waals surface area contributed by atoms with Gasteiger partial charge in [0, 0.05) is 30.4 Å². The van der Waals surface area contributed by atoms with Gasteiger partial charge in [-0.1, -0.05) is 89.2 Å². The third kappa shape index (κ3) is 14.3. The highest BCUT2D eigenvalue weighted by atomic mass is 16.5. The van der Waals surface area contributed by atoms with E-state index >= 15 is 0 Å². The largest absolute Gasteiger partial charge is 0.507 e. The number of nitrogen functional groups attached to an aromatic ring is 1. The quantitative estimate of drug-likeness (QED) is 0.0409. The van der Waals surface area contributed by atoms with Gasteiger partial charge in [0.2, 0.25) is 17.7 Å². The summed E-state index contributed by atoms with van der Waals surface area (Å²) in [4.78, 5) is 42.4.